The van der Waals surface area contributed by atoms with Gasteiger partial charge in [0.05, 0.1) is 5.56 Å². The van der Waals surface area contributed by atoms with Gasteiger partial charge < -0.3 is 14.3 Å². The molecule has 1 atom stereocenters. The van der Waals surface area contributed by atoms with Crippen LogP contribution in [0.4, 0.5) is 14.5 Å². The molecule has 1 saturated heterocycles. The minimum atomic E-state index is -0.766. The Morgan fingerprint density at radius 2 is 1.93 bits per heavy atom. The highest BCUT2D eigenvalue weighted by Crippen LogP contribution is 2.33. The lowest BCUT2D eigenvalue weighted by Gasteiger charge is -2.22. The first-order valence-electron chi connectivity index (χ1n) is 9.31. The van der Waals surface area contributed by atoms with E-state index in [1.807, 2.05) is 31.1 Å². The third-order valence-electron chi connectivity index (χ3n) is 5.04. The number of rotatable bonds is 4. The highest BCUT2D eigenvalue weighted by Gasteiger charge is 2.34. The summed E-state index contributed by atoms with van der Waals surface area (Å²) in [5, 5.41) is 3.83. The summed E-state index contributed by atoms with van der Waals surface area (Å²) in [4.78, 5) is 20.9. The molecule has 8 heteroatoms. The second-order valence-electron chi connectivity index (χ2n) is 7.18. The van der Waals surface area contributed by atoms with Gasteiger partial charge in [-0.1, -0.05) is 5.16 Å². The Labute approximate surface area is 166 Å². The molecule has 1 aromatic heterocycles. The van der Waals surface area contributed by atoms with Gasteiger partial charge in [-0.25, -0.2) is 8.78 Å². The largest absolute Gasteiger partial charge is 0.378 e. The van der Waals surface area contributed by atoms with E-state index >= 15 is 0 Å². The van der Waals surface area contributed by atoms with E-state index in [1.54, 1.807) is 17.0 Å². The van der Waals surface area contributed by atoms with Gasteiger partial charge >= 0.3 is 0 Å². The topological polar surface area (TPSA) is 62.5 Å². The molecule has 29 heavy (non-hydrogen) atoms. The lowest BCUT2D eigenvalue weighted by Crippen LogP contribution is -2.30. The Morgan fingerprint density at radius 3 is 2.62 bits per heavy atom. The third kappa shape index (κ3) is 3.70. The fourth-order valence-corrected chi connectivity index (χ4v) is 3.49. The standard InChI is InChI=1S/C21H20F2N4O2/c1-26(2)15-8-5-13(6-9-15)21(28)27-11-3-4-18(27)20-24-19(25-29-20)16-10-7-14(22)12-17(16)23/h5-10,12,18H,3-4,11H2,1-2H3/t18-/m0/s1. The first-order chi connectivity index (χ1) is 13.9. The van der Waals surface area contributed by atoms with Crippen LogP contribution >= 0.6 is 0 Å². The van der Waals surface area contributed by atoms with E-state index in [1.165, 1.54) is 6.07 Å². The summed E-state index contributed by atoms with van der Waals surface area (Å²) < 4.78 is 32.5. The third-order valence-corrected chi connectivity index (χ3v) is 5.04. The van der Waals surface area contributed by atoms with Crippen LogP contribution in [0.3, 0.4) is 0 Å². The van der Waals surface area contributed by atoms with Gasteiger partial charge in [0.15, 0.2) is 0 Å². The van der Waals surface area contributed by atoms with Gasteiger partial charge in [0.2, 0.25) is 11.7 Å². The highest BCUT2D eigenvalue weighted by atomic mass is 19.1. The Morgan fingerprint density at radius 1 is 1.17 bits per heavy atom. The van der Waals surface area contributed by atoms with Crippen molar-refractivity contribution < 1.29 is 18.1 Å². The smallest absolute Gasteiger partial charge is 0.254 e. The molecule has 3 aromatic rings. The van der Waals surface area contributed by atoms with Crippen molar-refractivity contribution in [1.82, 2.24) is 15.0 Å². The van der Waals surface area contributed by atoms with E-state index in [2.05, 4.69) is 10.1 Å². The van der Waals surface area contributed by atoms with Crippen molar-refractivity contribution in [3.05, 3.63) is 65.6 Å². The number of hydrogen-bond acceptors (Lipinski definition) is 5. The van der Waals surface area contributed by atoms with Crippen LogP contribution in [0.5, 0.6) is 0 Å². The Kier molecular flexibility index (Phi) is 5.00. The van der Waals surface area contributed by atoms with E-state index < -0.39 is 11.6 Å². The molecule has 6 nitrogen and oxygen atoms in total. The molecule has 0 radical (unpaired) electrons. The minimum Gasteiger partial charge on any atom is -0.378 e. The number of hydrogen-bond donors (Lipinski definition) is 0. The number of likely N-dealkylation sites (tertiary alicyclic amines) is 1. The van der Waals surface area contributed by atoms with Gasteiger partial charge in [-0.3, -0.25) is 4.79 Å². The van der Waals surface area contributed by atoms with Crippen molar-refractivity contribution in [2.24, 2.45) is 0 Å². The number of carbonyl (C=O) groups excluding carboxylic acids is 1. The van der Waals surface area contributed by atoms with Gasteiger partial charge in [-0.2, -0.15) is 4.98 Å². The van der Waals surface area contributed by atoms with Crippen molar-refractivity contribution >= 4 is 11.6 Å². The number of anilines is 1. The Bertz CT molecular complexity index is 1030. The monoisotopic (exact) mass is 398 g/mol. The summed E-state index contributed by atoms with van der Waals surface area (Å²) in [6.07, 6.45) is 1.48. The normalized spacial score (nSPS) is 16.3. The number of benzene rings is 2. The van der Waals surface area contributed by atoms with Gasteiger partial charge in [0.1, 0.15) is 17.7 Å². The molecule has 4 rings (SSSR count). The van der Waals surface area contributed by atoms with E-state index in [9.17, 15) is 13.6 Å². The first kappa shape index (κ1) is 19.0. The zero-order valence-electron chi connectivity index (χ0n) is 16.1. The number of aromatic nitrogens is 2. The number of carbonyl (C=O) groups is 1. The minimum absolute atomic E-state index is 0.0344. The van der Waals surface area contributed by atoms with Crippen molar-refractivity contribution in [3.63, 3.8) is 0 Å². The summed E-state index contributed by atoms with van der Waals surface area (Å²) in [5.74, 6) is -1.28. The molecule has 2 aromatic carbocycles. The molecule has 150 valence electrons. The molecule has 0 N–H and O–H groups in total. The molecular formula is C21H20F2N4O2. The van der Waals surface area contributed by atoms with Gasteiger partial charge in [-0.15, -0.1) is 0 Å². The van der Waals surface area contributed by atoms with Gasteiger partial charge in [0, 0.05) is 38.0 Å². The summed E-state index contributed by atoms with van der Waals surface area (Å²) in [6, 6.07) is 10.2. The molecule has 1 amide bonds. The molecule has 1 fully saturated rings. The average Bonchev–Trinajstić information content (AvgIpc) is 3.37. The van der Waals surface area contributed by atoms with Crippen LogP contribution in [-0.4, -0.2) is 41.6 Å². The quantitative estimate of drug-likeness (QED) is 0.663. The predicted molar refractivity (Wildman–Crippen MR) is 103 cm³/mol. The first-order valence-corrected chi connectivity index (χ1v) is 9.31. The number of amides is 1. The van der Waals surface area contributed by atoms with Crippen LogP contribution in [0.25, 0.3) is 11.4 Å². The lowest BCUT2D eigenvalue weighted by molar-refractivity contribution is 0.0710. The van der Waals surface area contributed by atoms with Crippen LogP contribution < -0.4 is 4.90 Å². The maximum absolute atomic E-state index is 14.0. The van der Waals surface area contributed by atoms with Crippen LogP contribution in [0.2, 0.25) is 0 Å². The SMILES string of the molecule is CN(C)c1ccc(C(=O)N2CCC[C@H]2c2nc(-c3ccc(F)cc3F)no2)cc1. The summed E-state index contributed by atoms with van der Waals surface area (Å²) in [5.41, 5.74) is 1.63. The van der Waals surface area contributed by atoms with Gasteiger partial charge in [0.25, 0.3) is 5.91 Å². The highest BCUT2D eigenvalue weighted by molar-refractivity contribution is 5.95. The lowest BCUT2D eigenvalue weighted by atomic mass is 10.1. The maximum Gasteiger partial charge on any atom is 0.254 e. The molecule has 0 saturated carbocycles. The Balaban J connectivity index is 1.57. The average molecular weight is 398 g/mol. The second-order valence-corrected chi connectivity index (χ2v) is 7.18. The van der Waals surface area contributed by atoms with Crippen molar-refractivity contribution in [3.8, 4) is 11.4 Å². The molecule has 1 aliphatic heterocycles. The van der Waals surface area contributed by atoms with Crippen molar-refractivity contribution in [2.45, 2.75) is 18.9 Å². The molecule has 1 aliphatic rings. The van der Waals surface area contributed by atoms with Crippen LogP contribution in [0.1, 0.15) is 35.1 Å². The zero-order chi connectivity index (χ0) is 20.5. The second kappa shape index (κ2) is 7.62. The van der Waals surface area contributed by atoms with Crippen LogP contribution in [0, 0.1) is 11.6 Å². The summed E-state index contributed by atoms with van der Waals surface area (Å²) >= 11 is 0. The van der Waals surface area contributed by atoms with Crippen LogP contribution in [-0.2, 0) is 0 Å². The summed E-state index contributed by atoms with van der Waals surface area (Å²) in [7, 11) is 3.87. The number of nitrogens with zero attached hydrogens (tertiary/aromatic N) is 4. The molecule has 0 spiro atoms. The maximum atomic E-state index is 14.0. The van der Waals surface area contributed by atoms with E-state index in [4.69, 9.17) is 4.52 Å². The van der Waals surface area contributed by atoms with Crippen molar-refractivity contribution in [1.29, 1.82) is 0 Å². The predicted octanol–water partition coefficient (Wildman–Crippen LogP) is 4.06. The fourth-order valence-electron chi connectivity index (χ4n) is 3.49. The van der Waals surface area contributed by atoms with Gasteiger partial charge in [-0.05, 0) is 49.2 Å². The van der Waals surface area contributed by atoms with E-state index in [0.717, 1.165) is 24.2 Å². The summed E-state index contributed by atoms with van der Waals surface area (Å²) in [6.45, 7) is 0.571. The molecule has 2 heterocycles. The fraction of sp³-hybridized carbons (Fsp3) is 0.286. The van der Waals surface area contributed by atoms with E-state index in [0.29, 0.717) is 18.5 Å². The van der Waals surface area contributed by atoms with Crippen molar-refractivity contribution in [2.75, 3.05) is 25.5 Å². The van der Waals surface area contributed by atoms with E-state index in [-0.39, 0.29) is 29.2 Å². The molecular weight excluding hydrogens is 378 g/mol. The van der Waals surface area contributed by atoms with Crippen LogP contribution in [0.15, 0.2) is 47.0 Å². The molecule has 0 unspecified atom stereocenters. The zero-order valence-corrected chi connectivity index (χ0v) is 16.1. The molecule has 0 bridgehead atoms. The molecule has 0 aliphatic carbocycles. The number of halogens is 2. The Hall–Kier alpha value is -3.29.